The summed E-state index contributed by atoms with van der Waals surface area (Å²) in [6.45, 7) is 6.81. The van der Waals surface area contributed by atoms with Crippen LogP contribution in [0.15, 0.2) is 43.0 Å². The van der Waals surface area contributed by atoms with Crippen LogP contribution >= 0.6 is 0 Å². The summed E-state index contributed by atoms with van der Waals surface area (Å²) < 4.78 is 7.68. The van der Waals surface area contributed by atoms with Gasteiger partial charge >= 0.3 is 0 Å². The van der Waals surface area contributed by atoms with Gasteiger partial charge in [-0.3, -0.25) is 0 Å². The van der Waals surface area contributed by atoms with Crippen molar-refractivity contribution in [2.24, 2.45) is 0 Å². The first-order chi connectivity index (χ1) is 9.24. The van der Waals surface area contributed by atoms with Gasteiger partial charge < -0.3 is 14.6 Å². The number of benzene rings is 1. The van der Waals surface area contributed by atoms with E-state index in [0.29, 0.717) is 0 Å². The Kier molecular flexibility index (Phi) is 4.98. The Balaban J connectivity index is 1.71. The van der Waals surface area contributed by atoms with E-state index in [2.05, 4.69) is 27.0 Å². The summed E-state index contributed by atoms with van der Waals surface area (Å²) >= 11 is 0. The van der Waals surface area contributed by atoms with Crippen LogP contribution in [0, 0.1) is 0 Å². The molecule has 4 nitrogen and oxygen atoms in total. The molecule has 0 radical (unpaired) electrons. The molecule has 1 N–H and O–H groups in total. The van der Waals surface area contributed by atoms with Crippen molar-refractivity contribution in [1.29, 1.82) is 0 Å². The molecule has 2 aromatic rings. The molecule has 19 heavy (non-hydrogen) atoms. The van der Waals surface area contributed by atoms with E-state index in [1.165, 1.54) is 5.56 Å². The molecule has 4 heteroatoms. The van der Waals surface area contributed by atoms with Crippen LogP contribution in [0.1, 0.15) is 19.4 Å². The van der Waals surface area contributed by atoms with Gasteiger partial charge in [-0.05, 0) is 31.5 Å². The molecule has 0 fully saturated rings. The summed E-state index contributed by atoms with van der Waals surface area (Å²) in [5, 5.41) is 3.41. The molecule has 102 valence electrons. The molecule has 2 rings (SSSR count). The molecule has 0 aliphatic rings. The van der Waals surface area contributed by atoms with Crippen molar-refractivity contribution >= 4 is 0 Å². The summed E-state index contributed by atoms with van der Waals surface area (Å²) in [7, 11) is 0. The number of rotatable bonds is 7. The molecule has 0 atom stereocenters. The number of nitrogens with zero attached hydrogens (tertiary/aromatic N) is 2. The Hall–Kier alpha value is -1.81. The van der Waals surface area contributed by atoms with Crippen molar-refractivity contribution < 1.29 is 4.74 Å². The van der Waals surface area contributed by atoms with Crippen LogP contribution in [-0.2, 0) is 13.1 Å². The van der Waals surface area contributed by atoms with Crippen molar-refractivity contribution in [1.82, 2.24) is 14.9 Å². The average molecular weight is 259 g/mol. The predicted octanol–water partition coefficient (Wildman–Crippen LogP) is 2.46. The van der Waals surface area contributed by atoms with Crippen LogP contribution < -0.4 is 10.1 Å². The van der Waals surface area contributed by atoms with Crippen molar-refractivity contribution in [2.75, 3.05) is 6.54 Å². The smallest absolute Gasteiger partial charge is 0.119 e. The molecule has 0 unspecified atom stereocenters. The van der Waals surface area contributed by atoms with Gasteiger partial charge in [-0.2, -0.15) is 0 Å². The maximum atomic E-state index is 5.61. The van der Waals surface area contributed by atoms with Gasteiger partial charge in [-0.1, -0.05) is 12.1 Å². The summed E-state index contributed by atoms with van der Waals surface area (Å²) in [5.74, 6) is 0.928. The van der Waals surface area contributed by atoms with Crippen molar-refractivity contribution in [3.05, 3.63) is 48.5 Å². The highest BCUT2D eigenvalue weighted by Gasteiger charge is 1.98. The maximum absolute atomic E-state index is 5.61. The van der Waals surface area contributed by atoms with Gasteiger partial charge in [0.2, 0.25) is 0 Å². The topological polar surface area (TPSA) is 39.1 Å². The summed E-state index contributed by atoms with van der Waals surface area (Å²) in [6, 6.07) is 8.24. The largest absolute Gasteiger partial charge is 0.491 e. The molecule has 0 amide bonds. The summed E-state index contributed by atoms with van der Waals surface area (Å²) in [4.78, 5) is 4.01. The summed E-state index contributed by atoms with van der Waals surface area (Å²) in [5.41, 5.74) is 1.27. The highest BCUT2D eigenvalue weighted by atomic mass is 16.5. The minimum Gasteiger partial charge on any atom is -0.491 e. The van der Waals surface area contributed by atoms with E-state index in [-0.39, 0.29) is 6.10 Å². The van der Waals surface area contributed by atoms with Crippen molar-refractivity contribution in [2.45, 2.75) is 33.0 Å². The third-order valence-corrected chi connectivity index (χ3v) is 2.73. The highest BCUT2D eigenvalue weighted by Crippen LogP contribution is 2.13. The fourth-order valence-corrected chi connectivity index (χ4v) is 1.82. The van der Waals surface area contributed by atoms with Gasteiger partial charge in [0.1, 0.15) is 5.75 Å². The number of aromatic nitrogens is 2. The summed E-state index contributed by atoms with van der Waals surface area (Å²) in [6.07, 6.45) is 5.83. The Morgan fingerprint density at radius 2 is 2.05 bits per heavy atom. The van der Waals surface area contributed by atoms with Gasteiger partial charge in [-0.25, -0.2) is 4.98 Å². The molecule has 0 aliphatic carbocycles. The Morgan fingerprint density at radius 3 is 2.68 bits per heavy atom. The zero-order valence-corrected chi connectivity index (χ0v) is 11.5. The molecule has 0 saturated carbocycles. The van der Waals surface area contributed by atoms with E-state index < -0.39 is 0 Å². The molecular formula is C15H21N3O. The average Bonchev–Trinajstić information content (AvgIpc) is 2.89. The fraction of sp³-hybridized carbons (Fsp3) is 0.400. The molecule has 0 aliphatic heterocycles. The van der Waals surface area contributed by atoms with Crippen molar-refractivity contribution in [3.63, 3.8) is 0 Å². The highest BCUT2D eigenvalue weighted by molar-refractivity contribution is 5.27. The van der Waals surface area contributed by atoms with Crippen LogP contribution in [0.5, 0.6) is 5.75 Å². The lowest BCUT2D eigenvalue weighted by molar-refractivity contribution is 0.242. The van der Waals surface area contributed by atoms with Gasteiger partial charge in [-0.15, -0.1) is 0 Å². The van der Waals surface area contributed by atoms with Crippen LogP contribution in [-0.4, -0.2) is 22.2 Å². The lowest BCUT2D eigenvalue weighted by Crippen LogP contribution is -2.18. The van der Waals surface area contributed by atoms with E-state index in [9.17, 15) is 0 Å². The fourth-order valence-electron chi connectivity index (χ4n) is 1.82. The third kappa shape index (κ3) is 4.75. The molecule has 1 aromatic heterocycles. The van der Waals surface area contributed by atoms with Gasteiger partial charge in [0.05, 0.1) is 12.4 Å². The molecular weight excluding hydrogens is 238 g/mol. The maximum Gasteiger partial charge on any atom is 0.119 e. The standard InChI is InChI=1S/C15H21N3O/c1-13(2)19-15-5-3-14(4-6-15)11-16-7-9-18-10-8-17-12-18/h3-6,8,10,12-13,16H,7,9,11H2,1-2H3. The normalized spacial score (nSPS) is 10.9. The predicted molar refractivity (Wildman–Crippen MR) is 76.1 cm³/mol. The van der Waals surface area contributed by atoms with E-state index in [1.807, 2.05) is 38.5 Å². The van der Waals surface area contributed by atoms with Crippen LogP contribution in [0.25, 0.3) is 0 Å². The van der Waals surface area contributed by atoms with E-state index in [0.717, 1.165) is 25.4 Å². The van der Waals surface area contributed by atoms with Crippen LogP contribution in [0.4, 0.5) is 0 Å². The molecule has 0 spiro atoms. The molecule has 1 heterocycles. The lowest BCUT2D eigenvalue weighted by atomic mass is 10.2. The Labute approximate surface area is 114 Å². The van der Waals surface area contributed by atoms with Gasteiger partial charge in [0.15, 0.2) is 0 Å². The van der Waals surface area contributed by atoms with Gasteiger partial charge in [0, 0.05) is 32.0 Å². The Bertz CT molecular complexity index is 463. The van der Waals surface area contributed by atoms with Crippen LogP contribution in [0.2, 0.25) is 0 Å². The second kappa shape index (κ2) is 6.95. The first-order valence-corrected chi connectivity index (χ1v) is 6.66. The minimum absolute atomic E-state index is 0.221. The number of hydrogen-bond donors (Lipinski definition) is 1. The lowest BCUT2D eigenvalue weighted by Gasteiger charge is -2.10. The number of ether oxygens (including phenoxy) is 1. The second-order valence-electron chi connectivity index (χ2n) is 4.79. The van der Waals surface area contributed by atoms with E-state index in [4.69, 9.17) is 4.74 Å². The quantitative estimate of drug-likeness (QED) is 0.776. The number of imidazole rings is 1. The van der Waals surface area contributed by atoms with Crippen molar-refractivity contribution in [3.8, 4) is 5.75 Å². The van der Waals surface area contributed by atoms with E-state index in [1.54, 1.807) is 6.20 Å². The monoisotopic (exact) mass is 259 g/mol. The molecule has 0 saturated heterocycles. The first kappa shape index (κ1) is 13.6. The zero-order valence-electron chi connectivity index (χ0n) is 11.5. The third-order valence-electron chi connectivity index (χ3n) is 2.73. The molecule has 0 bridgehead atoms. The minimum atomic E-state index is 0.221. The second-order valence-corrected chi connectivity index (χ2v) is 4.79. The van der Waals surface area contributed by atoms with Crippen LogP contribution in [0.3, 0.4) is 0 Å². The molecule has 1 aromatic carbocycles. The zero-order chi connectivity index (χ0) is 13.5. The number of nitrogens with one attached hydrogen (secondary N) is 1. The Morgan fingerprint density at radius 1 is 1.26 bits per heavy atom. The number of hydrogen-bond acceptors (Lipinski definition) is 3. The SMILES string of the molecule is CC(C)Oc1ccc(CNCCn2ccnc2)cc1. The van der Waals surface area contributed by atoms with E-state index >= 15 is 0 Å². The first-order valence-electron chi connectivity index (χ1n) is 6.66. The van der Waals surface area contributed by atoms with Gasteiger partial charge in [0.25, 0.3) is 0 Å².